The van der Waals surface area contributed by atoms with E-state index >= 15 is 0 Å². The molecule has 2 N–H and O–H groups in total. The van der Waals surface area contributed by atoms with Gasteiger partial charge in [0.1, 0.15) is 0 Å². The highest BCUT2D eigenvalue weighted by Crippen LogP contribution is 2.30. The summed E-state index contributed by atoms with van der Waals surface area (Å²) in [6, 6.07) is 5.69. The predicted octanol–water partition coefficient (Wildman–Crippen LogP) is 2.31. The van der Waals surface area contributed by atoms with E-state index < -0.39 is 6.10 Å². The number of benzene rings is 1. The van der Waals surface area contributed by atoms with Crippen molar-refractivity contribution < 1.29 is 19.0 Å². The molecule has 2 atom stereocenters. The van der Waals surface area contributed by atoms with Gasteiger partial charge in [-0.3, -0.25) is 0 Å². The van der Waals surface area contributed by atoms with E-state index in [-0.39, 0.29) is 12.0 Å². The van der Waals surface area contributed by atoms with E-state index in [0.29, 0.717) is 24.5 Å². The van der Waals surface area contributed by atoms with Gasteiger partial charge in [-0.15, -0.1) is 0 Å². The Labute approximate surface area is 126 Å². The summed E-state index contributed by atoms with van der Waals surface area (Å²) in [5.41, 5.74) is 6.86. The molecule has 21 heavy (non-hydrogen) atoms. The van der Waals surface area contributed by atoms with Crippen LogP contribution in [0, 0.1) is 0 Å². The summed E-state index contributed by atoms with van der Waals surface area (Å²) in [6.45, 7) is 5.92. The molecule has 0 radical (unpaired) electrons. The fourth-order valence-corrected chi connectivity index (χ4v) is 2.00. The van der Waals surface area contributed by atoms with Crippen LogP contribution in [0.2, 0.25) is 0 Å². The van der Waals surface area contributed by atoms with Crippen LogP contribution in [0.15, 0.2) is 18.2 Å². The summed E-state index contributed by atoms with van der Waals surface area (Å²) < 4.78 is 16.1. The maximum atomic E-state index is 11.8. The van der Waals surface area contributed by atoms with Crippen LogP contribution in [0.25, 0.3) is 0 Å². The zero-order chi connectivity index (χ0) is 15.8. The van der Waals surface area contributed by atoms with Gasteiger partial charge in [-0.25, -0.2) is 4.79 Å². The molecular weight excluding hydrogens is 270 g/mol. The van der Waals surface area contributed by atoms with Gasteiger partial charge in [0.25, 0.3) is 0 Å². The Morgan fingerprint density at radius 3 is 2.52 bits per heavy atom. The monoisotopic (exact) mass is 295 g/mol. The van der Waals surface area contributed by atoms with Crippen LogP contribution in [-0.4, -0.2) is 31.8 Å². The van der Waals surface area contributed by atoms with Gasteiger partial charge in [0.05, 0.1) is 13.7 Å². The molecule has 0 bridgehead atoms. The summed E-state index contributed by atoms with van der Waals surface area (Å²) in [7, 11) is 1.57. The van der Waals surface area contributed by atoms with Crippen LogP contribution in [-0.2, 0) is 16.0 Å². The maximum Gasteiger partial charge on any atom is 0.347 e. The Bertz CT molecular complexity index is 460. The molecule has 0 aliphatic carbocycles. The lowest BCUT2D eigenvalue weighted by molar-refractivity contribution is -0.151. The fourth-order valence-electron chi connectivity index (χ4n) is 2.00. The molecule has 1 aromatic carbocycles. The minimum atomic E-state index is -0.635. The first-order valence-electron chi connectivity index (χ1n) is 7.27. The number of hydrogen-bond donors (Lipinski definition) is 1. The van der Waals surface area contributed by atoms with Crippen LogP contribution in [0.3, 0.4) is 0 Å². The van der Waals surface area contributed by atoms with E-state index in [0.717, 1.165) is 12.0 Å². The normalized spacial score (nSPS) is 13.4. The SMILES string of the molecule is CCOC(=O)C(CC)Oc1cc(CC(C)N)ccc1OC. The van der Waals surface area contributed by atoms with Crippen LogP contribution in [0.1, 0.15) is 32.8 Å². The molecule has 5 nitrogen and oxygen atoms in total. The third-order valence-corrected chi connectivity index (χ3v) is 2.98. The third kappa shape index (κ3) is 5.27. The van der Waals surface area contributed by atoms with E-state index in [4.69, 9.17) is 19.9 Å². The lowest BCUT2D eigenvalue weighted by atomic mass is 10.1. The Morgan fingerprint density at radius 1 is 1.29 bits per heavy atom. The van der Waals surface area contributed by atoms with Gasteiger partial charge in [0, 0.05) is 6.04 Å². The number of carbonyl (C=O) groups is 1. The molecule has 0 spiro atoms. The summed E-state index contributed by atoms with van der Waals surface area (Å²) in [5.74, 6) is 0.765. The Hall–Kier alpha value is -1.75. The molecule has 0 aliphatic heterocycles. The van der Waals surface area contributed by atoms with E-state index in [2.05, 4.69) is 0 Å². The minimum absolute atomic E-state index is 0.0540. The molecule has 0 aromatic heterocycles. The van der Waals surface area contributed by atoms with Crippen molar-refractivity contribution in [2.45, 2.75) is 45.8 Å². The summed E-state index contributed by atoms with van der Waals surface area (Å²) in [6.07, 6.45) is 0.625. The first-order valence-corrected chi connectivity index (χ1v) is 7.27. The standard InChI is InChI=1S/C16H25NO4/c1-5-13(16(18)20-6-2)21-15-10-12(9-11(3)17)7-8-14(15)19-4/h7-8,10-11,13H,5-6,9,17H2,1-4H3. The second kappa shape index (κ2) is 8.52. The highest BCUT2D eigenvalue weighted by atomic mass is 16.6. The van der Waals surface area contributed by atoms with Crippen LogP contribution in [0.5, 0.6) is 11.5 Å². The summed E-state index contributed by atoms with van der Waals surface area (Å²) in [4.78, 5) is 11.8. The Kier molecular flexibility index (Phi) is 7.02. The number of hydrogen-bond acceptors (Lipinski definition) is 5. The molecule has 0 saturated heterocycles. The third-order valence-electron chi connectivity index (χ3n) is 2.98. The number of esters is 1. The van der Waals surface area contributed by atoms with Crippen molar-refractivity contribution in [3.8, 4) is 11.5 Å². The molecule has 5 heteroatoms. The van der Waals surface area contributed by atoms with E-state index in [1.807, 2.05) is 32.0 Å². The van der Waals surface area contributed by atoms with Crippen LogP contribution in [0.4, 0.5) is 0 Å². The largest absolute Gasteiger partial charge is 0.493 e. The van der Waals surface area contributed by atoms with Crippen molar-refractivity contribution in [3.63, 3.8) is 0 Å². The second-order valence-corrected chi connectivity index (χ2v) is 4.93. The zero-order valence-corrected chi connectivity index (χ0v) is 13.2. The van der Waals surface area contributed by atoms with Crippen molar-refractivity contribution in [1.29, 1.82) is 0 Å². The fraction of sp³-hybridized carbons (Fsp3) is 0.562. The average Bonchev–Trinajstić information content (AvgIpc) is 2.44. The molecule has 0 amide bonds. The average molecular weight is 295 g/mol. The molecule has 1 aromatic rings. The smallest absolute Gasteiger partial charge is 0.347 e. The summed E-state index contributed by atoms with van der Waals surface area (Å²) >= 11 is 0. The second-order valence-electron chi connectivity index (χ2n) is 4.93. The highest BCUT2D eigenvalue weighted by Gasteiger charge is 2.21. The minimum Gasteiger partial charge on any atom is -0.493 e. The molecule has 2 unspecified atom stereocenters. The van der Waals surface area contributed by atoms with Crippen molar-refractivity contribution >= 4 is 5.97 Å². The van der Waals surface area contributed by atoms with Gasteiger partial charge in [0.2, 0.25) is 0 Å². The molecule has 0 aliphatic rings. The lowest BCUT2D eigenvalue weighted by Gasteiger charge is -2.19. The van der Waals surface area contributed by atoms with Gasteiger partial charge in [-0.05, 0) is 44.4 Å². The van der Waals surface area contributed by atoms with Gasteiger partial charge in [-0.2, -0.15) is 0 Å². The number of nitrogens with two attached hydrogens (primary N) is 1. The molecular formula is C16H25NO4. The molecule has 0 saturated carbocycles. The maximum absolute atomic E-state index is 11.8. The molecule has 118 valence electrons. The molecule has 0 heterocycles. The van der Waals surface area contributed by atoms with Gasteiger partial charge in [0.15, 0.2) is 17.6 Å². The molecule has 0 fully saturated rings. The lowest BCUT2D eigenvalue weighted by Crippen LogP contribution is -2.29. The zero-order valence-electron chi connectivity index (χ0n) is 13.2. The van der Waals surface area contributed by atoms with E-state index in [1.54, 1.807) is 14.0 Å². The number of rotatable bonds is 8. The van der Waals surface area contributed by atoms with Crippen molar-refractivity contribution in [2.24, 2.45) is 5.73 Å². The van der Waals surface area contributed by atoms with Gasteiger partial charge >= 0.3 is 5.97 Å². The van der Waals surface area contributed by atoms with Crippen molar-refractivity contribution in [3.05, 3.63) is 23.8 Å². The first kappa shape index (κ1) is 17.3. The van der Waals surface area contributed by atoms with E-state index in [9.17, 15) is 4.79 Å². The van der Waals surface area contributed by atoms with Crippen molar-refractivity contribution in [2.75, 3.05) is 13.7 Å². The summed E-state index contributed by atoms with van der Waals surface area (Å²) in [5, 5.41) is 0. The van der Waals surface area contributed by atoms with Crippen LogP contribution >= 0.6 is 0 Å². The number of carbonyl (C=O) groups excluding carboxylic acids is 1. The van der Waals surface area contributed by atoms with Gasteiger partial charge in [-0.1, -0.05) is 13.0 Å². The Morgan fingerprint density at radius 2 is 2.00 bits per heavy atom. The van der Waals surface area contributed by atoms with Gasteiger partial charge < -0.3 is 19.9 Å². The number of ether oxygens (including phenoxy) is 3. The Balaban J connectivity index is 2.94. The highest BCUT2D eigenvalue weighted by molar-refractivity contribution is 5.75. The first-order chi connectivity index (χ1) is 10.0. The van der Waals surface area contributed by atoms with E-state index in [1.165, 1.54) is 0 Å². The topological polar surface area (TPSA) is 70.8 Å². The number of methoxy groups -OCH3 is 1. The quantitative estimate of drug-likeness (QED) is 0.745. The predicted molar refractivity (Wildman–Crippen MR) is 81.7 cm³/mol. The molecule has 1 rings (SSSR count). The van der Waals surface area contributed by atoms with Crippen LogP contribution < -0.4 is 15.2 Å². The van der Waals surface area contributed by atoms with Crippen molar-refractivity contribution in [1.82, 2.24) is 0 Å².